The van der Waals surface area contributed by atoms with Gasteiger partial charge >= 0.3 is 0 Å². The molecule has 0 spiro atoms. The highest BCUT2D eigenvalue weighted by molar-refractivity contribution is 5.99. The molecule has 3 heteroatoms. The first-order chi connectivity index (χ1) is 14.3. The Hall–Kier alpha value is -3.85. The topological polar surface area (TPSA) is 39.4 Å². The van der Waals surface area contributed by atoms with Gasteiger partial charge in [-0.2, -0.15) is 0 Å². The fraction of sp³-hybridized carbons (Fsp3) is 0.0385. The SMILES string of the molecule is COc1cccc2oc3cc(-c4ccccc4)c(-c4ccccc4)cc3c(=O)c12. The van der Waals surface area contributed by atoms with Gasteiger partial charge in [-0.25, -0.2) is 0 Å². The average molecular weight is 378 g/mol. The molecular formula is C26H18O3. The van der Waals surface area contributed by atoms with E-state index in [4.69, 9.17) is 9.15 Å². The van der Waals surface area contributed by atoms with Gasteiger partial charge in [-0.1, -0.05) is 66.7 Å². The van der Waals surface area contributed by atoms with Crippen molar-refractivity contribution < 1.29 is 9.15 Å². The molecule has 29 heavy (non-hydrogen) atoms. The number of hydrogen-bond acceptors (Lipinski definition) is 3. The first-order valence-electron chi connectivity index (χ1n) is 9.44. The van der Waals surface area contributed by atoms with E-state index < -0.39 is 0 Å². The van der Waals surface area contributed by atoms with Crippen LogP contribution in [-0.2, 0) is 0 Å². The van der Waals surface area contributed by atoms with Gasteiger partial charge in [0.2, 0.25) is 5.43 Å². The van der Waals surface area contributed by atoms with Crippen LogP contribution in [0.3, 0.4) is 0 Å². The third-order valence-electron chi connectivity index (χ3n) is 5.19. The molecule has 0 fully saturated rings. The zero-order valence-corrected chi connectivity index (χ0v) is 15.9. The Morgan fingerprint density at radius 3 is 1.93 bits per heavy atom. The fourth-order valence-corrected chi connectivity index (χ4v) is 3.80. The van der Waals surface area contributed by atoms with Crippen LogP contribution >= 0.6 is 0 Å². The van der Waals surface area contributed by atoms with Gasteiger partial charge in [-0.05, 0) is 46.5 Å². The van der Waals surface area contributed by atoms with Crippen LogP contribution in [0.15, 0.2) is 100 Å². The van der Waals surface area contributed by atoms with Crippen molar-refractivity contribution in [2.75, 3.05) is 7.11 Å². The van der Waals surface area contributed by atoms with Crippen molar-refractivity contribution >= 4 is 21.9 Å². The molecule has 0 atom stereocenters. The molecule has 5 aromatic rings. The van der Waals surface area contributed by atoms with Gasteiger partial charge in [0.05, 0.1) is 12.5 Å². The number of benzene rings is 4. The summed E-state index contributed by atoms with van der Waals surface area (Å²) < 4.78 is 11.5. The lowest BCUT2D eigenvalue weighted by Crippen LogP contribution is -2.04. The monoisotopic (exact) mass is 378 g/mol. The maximum Gasteiger partial charge on any atom is 0.204 e. The van der Waals surface area contributed by atoms with E-state index in [1.807, 2.05) is 54.6 Å². The van der Waals surface area contributed by atoms with Crippen molar-refractivity contribution in [3.8, 4) is 28.0 Å². The predicted molar refractivity (Wildman–Crippen MR) is 117 cm³/mol. The van der Waals surface area contributed by atoms with Crippen LogP contribution in [-0.4, -0.2) is 7.11 Å². The van der Waals surface area contributed by atoms with Crippen LogP contribution in [0.25, 0.3) is 44.2 Å². The number of rotatable bonds is 3. The molecule has 3 nitrogen and oxygen atoms in total. The first-order valence-corrected chi connectivity index (χ1v) is 9.44. The third-order valence-corrected chi connectivity index (χ3v) is 5.19. The van der Waals surface area contributed by atoms with E-state index in [9.17, 15) is 4.79 Å². The van der Waals surface area contributed by atoms with Gasteiger partial charge in [0.1, 0.15) is 22.3 Å². The molecule has 0 N–H and O–H groups in total. The van der Waals surface area contributed by atoms with Gasteiger partial charge < -0.3 is 9.15 Å². The van der Waals surface area contributed by atoms with Crippen molar-refractivity contribution in [3.63, 3.8) is 0 Å². The number of hydrogen-bond donors (Lipinski definition) is 0. The molecule has 0 aliphatic heterocycles. The van der Waals surface area contributed by atoms with Crippen molar-refractivity contribution in [2.45, 2.75) is 0 Å². The fourth-order valence-electron chi connectivity index (χ4n) is 3.80. The maximum absolute atomic E-state index is 13.4. The third kappa shape index (κ3) is 2.88. The van der Waals surface area contributed by atoms with Crippen LogP contribution in [0.5, 0.6) is 5.75 Å². The van der Waals surface area contributed by atoms with Crippen LogP contribution in [0.2, 0.25) is 0 Å². The summed E-state index contributed by atoms with van der Waals surface area (Å²) in [5, 5.41) is 1.01. The van der Waals surface area contributed by atoms with Crippen LogP contribution in [0.4, 0.5) is 0 Å². The minimum atomic E-state index is -0.0875. The lowest BCUT2D eigenvalue weighted by atomic mass is 9.92. The summed E-state index contributed by atoms with van der Waals surface area (Å²) in [4.78, 5) is 13.4. The second kappa shape index (κ2) is 6.95. The number of fused-ring (bicyclic) bond motifs is 2. The molecule has 140 valence electrons. The summed E-state index contributed by atoms with van der Waals surface area (Å²) in [5.74, 6) is 0.520. The van der Waals surface area contributed by atoms with Gasteiger partial charge in [-0.3, -0.25) is 4.79 Å². The Balaban J connectivity index is 1.91. The molecule has 4 aromatic carbocycles. The molecule has 0 aliphatic carbocycles. The van der Waals surface area contributed by atoms with Gasteiger partial charge in [-0.15, -0.1) is 0 Å². The average Bonchev–Trinajstić information content (AvgIpc) is 2.79. The molecule has 0 saturated heterocycles. The molecule has 1 heterocycles. The highest BCUT2D eigenvalue weighted by Crippen LogP contribution is 2.36. The maximum atomic E-state index is 13.4. The first kappa shape index (κ1) is 17.3. The van der Waals surface area contributed by atoms with E-state index >= 15 is 0 Å². The zero-order valence-electron chi connectivity index (χ0n) is 15.9. The summed E-state index contributed by atoms with van der Waals surface area (Å²) >= 11 is 0. The quantitative estimate of drug-likeness (QED) is 0.346. The molecular weight excluding hydrogens is 360 g/mol. The van der Waals surface area contributed by atoms with Gasteiger partial charge in [0.15, 0.2) is 0 Å². The summed E-state index contributed by atoms with van der Waals surface area (Å²) in [6, 6.07) is 29.5. The van der Waals surface area contributed by atoms with E-state index in [0.717, 1.165) is 22.3 Å². The molecule has 0 amide bonds. The van der Waals surface area contributed by atoms with Gasteiger partial charge in [0, 0.05) is 0 Å². The van der Waals surface area contributed by atoms with E-state index in [-0.39, 0.29) is 5.43 Å². The van der Waals surface area contributed by atoms with Crippen molar-refractivity contribution in [2.24, 2.45) is 0 Å². The van der Waals surface area contributed by atoms with E-state index in [1.54, 1.807) is 19.2 Å². The lowest BCUT2D eigenvalue weighted by molar-refractivity contribution is 0.419. The number of methoxy groups -OCH3 is 1. The normalized spacial score (nSPS) is 11.1. The standard InChI is InChI=1S/C26H18O3/c1-28-22-13-8-14-23-25(22)26(27)21-15-19(17-9-4-2-5-10-17)20(16-24(21)29-23)18-11-6-3-7-12-18/h2-16H,1H3. The second-order valence-corrected chi connectivity index (χ2v) is 6.89. The predicted octanol–water partition coefficient (Wildman–Crippen LogP) is 6.29. The van der Waals surface area contributed by atoms with Gasteiger partial charge in [0.25, 0.3) is 0 Å². The summed E-state index contributed by atoms with van der Waals surface area (Å²) in [6.45, 7) is 0. The lowest BCUT2D eigenvalue weighted by Gasteiger charge is -2.13. The minimum absolute atomic E-state index is 0.0875. The Morgan fingerprint density at radius 1 is 0.690 bits per heavy atom. The highest BCUT2D eigenvalue weighted by Gasteiger charge is 2.16. The zero-order chi connectivity index (χ0) is 19.8. The Labute approximate surface area is 167 Å². The number of ether oxygens (including phenoxy) is 1. The summed E-state index contributed by atoms with van der Waals surface area (Å²) in [7, 11) is 1.56. The molecule has 0 aliphatic rings. The molecule has 5 rings (SSSR count). The molecule has 0 radical (unpaired) electrons. The van der Waals surface area contributed by atoms with Crippen molar-refractivity contribution in [3.05, 3.63) is 101 Å². The minimum Gasteiger partial charge on any atom is -0.496 e. The van der Waals surface area contributed by atoms with E-state index in [1.165, 1.54) is 0 Å². The van der Waals surface area contributed by atoms with Crippen LogP contribution in [0, 0.1) is 0 Å². The Morgan fingerprint density at radius 2 is 1.31 bits per heavy atom. The Kier molecular flexibility index (Phi) is 4.14. The Bertz CT molecular complexity index is 1380. The van der Waals surface area contributed by atoms with E-state index in [0.29, 0.717) is 27.7 Å². The molecule has 1 aromatic heterocycles. The molecule has 0 bridgehead atoms. The molecule has 0 unspecified atom stereocenters. The van der Waals surface area contributed by atoms with Crippen LogP contribution in [0.1, 0.15) is 0 Å². The largest absolute Gasteiger partial charge is 0.496 e. The second-order valence-electron chi connectivity index (χ2n) is 6.89. The van der Waals surface area contributed by atoms with Crippen molar-refractivity contribution in [1.82, 2.24) is 0 Å². The molecule has 0 saturated carbocycles. The summed E-state index contributed by atoms with van der Waals surface area (Å²) in [6.07, 6.45) is 0. The summed E-state index contributed by atoms with van der Waals surface area (Å²) in [5.41, 5.74) is 5.13. The van der Waals surface area contributed by atoms with Crippen LogP contribution < -0.4 is 10.2 Å². The highest BCUT2D eigenvalue weighted by atomic mass is 16.5. The van der Waals surface area contributed by atoms with Crippen molar-refractivity contribution in [1.29, 1.82) is 0 Å². The smallest absolute Gasteiger partial charge is 0.204 e. The van der Waals surface area contributed by atoms with E-state index in [2.05, 4.69) is 24.3 Å².